The van der Waals surface area contributed by atoms with Crippen LogP contribution in [0.3, 0.4) is 0 Å². The van der Waals surface area contributed by atoms with Crippen LogP contribution in [0, 0.1) is 5.92 Å². The monoisotopic (exact) mass is 292 g/mol. The lowest BCUT2D eigenvalue weighted by molar-refractivity contribution is -0.117. The minimum absolute atomic E-state index is 0.0376. The molecule has 0 saturated carbocycles. The smallest absolute Gasteiger partial charge is 0.236 e. The molecule has 6 nitrogen and oxygen atoms in total. The molecule has 0 fully saturated rings. The second-order valence-electron chi connectivity index (χ2n) is 5.44. The second kappa shape index (κ2) is 8.26. The van der Waals surface area contributed by atoms with Gasteiger partial charge in [0.1, 0.15) is 0 Å². The van der Waals surface area contributed by atoms with Crippen molar-refractivity contribution in [3.8, 4) is 0 Å². The summed E-state index contributed by atoms with van der Waals surface area (Å²) in [5.74, 6) is -0.452. The molecule has 5 N–H and O–H groups in total. The molecule has 0 heterocycles. The average molecular weight is 292 g/mol. The van der Waals surface area contributed by atoms with Crippen molar-refractivity contribution in [2.24, 2.45) is 17.4 Å². The van der Waals surface area contributed by atoms with Gasteiger partial charge in [-0.1, -0.05) is 32.0 Å². The van der Waals surface area contributed by atoms with Gasteiger partial charge in [0, 0.05) is 12.2 Å². The third-order valence-corrected chi connectivity index (χ3v) is 2.89. The Morgan fingerprint density at radius 2 is 1.71 bits per heavy atom. The van der Waals surface area contributed by atoms with Gasteiger partial charge in [-0.2, -0.15) is 0 Å². The molecule has 0 aromatic heterocycles. The number of hydrogen-bond acceptors (Lipinski definition) is 4. The number of para-hydroxylation sites is 1. The minimum atomic E-state index is -0.499. The molecule has 6 heteroatoms. The first-order valence-electron chi connectivity index (χ1n) is 7.00. The van der Waals surface area contributed by atoms with E-state index in [0.717, 1.165) is 17.8 Å². The highest BCUT2D eigenvalue weighted by Crippen LogP contribution is 2.20. The third-order valence-electron chi connectivity index (χ3n) is 2.89. The lowest BCUT2D eigenvalue weighted by atomic mass is 10.1. The van der Waals surface area contributed by atoms with E-state index in [9.17, 15) is 9.59 Å². The maximum Gasteiger partial charge on any atom is 0.236 e. The Labute approximate surface area is 125 Å². The Morgan fingerprint density at radius 3 is 2.24 bits per heavy atom. The van der Waals surface area contributed by atoms with Crippen molar-refractivity contribution >= 4 is 17.5 Å². The highest BCUT2D eigenvalue weighted by molar-refractivity contribution is 5.85. The molecule has 1 aromatic carbocycles. The fourth-order valence-corrected chi connectivity index (χ4v) is 2.07. The van der Waals surface area contributed by atoms with Crippen LogP contribution in [0.5, 0.6) is 0 Å². The van der Waals surface area contributed by atoms with Crippen LogP contribution >= 0.6 is 0 Å². The maximum atomic E-state index is 11.2. The van der Waals surface area contributed by atoms with Crippen LogP contribution in [0.25, 0.3) is 0 Å². The number of carbonyl (C=O) groups excluding carboxylic acids is 2. The number of amides is 2. The van der Waals surface area contributed by atoms with E-state index < -0.39 is 11.8 Å². The molecule has 0 bridgehead atoms. The molecule has 21 heavy (non-hydrogen) atoms. The van der Waals surface area contributed by atoms with E-state index in [-0.39, 0.29) is 13.1 Å². The Hall–Kier alpha value is -2.08. The molecule has 0 aliphatic carbocycles. The summed E-state index contributed by atoms with van der Waals surface area (Å²) in [5.41, 5.74) is 12.3. The fourth-order valence-electron chi connectivity index (χ4n) is 2.07. The van der Waals surface area contributed by atoms with Gasteiger partial charge in [0.25, 0.3) is 0 Å². The van der Waals surface area contributed by atoms with E-state index in [1.54, 1.807) is 4.90 Å². The maximum absolute atomic E-state index is 11.2. The standard InChI is InChI=1S/C15H24N4O2/c1-11(2)7-18-8-12-5-3-4-6-13(12)19(9-14(16)20)10-15(17)21/h3-6,11,18H,7-10H2,1-2H3,(H2,16,20)(H2,17,21). The summed E-state index contributed by atoms with van der Waals surface area (Å²) in [6.07, 6.45) is 0. The first-order valence-corrected chi connectivity index (χ1v) is 7.00. The SMILES string of the molecule is CC(C)CNCc1ccccc1N(CC(N)=O)CC(N)=O. The molecule has 1 aromatic rings. The summed E-state index contributed by atoms with van der Waals surface area (Å²) in [7, 11) is 0. The summed E-state index contributed by atoms with van der Waals surface area (Å²) >= 11 is 0. The number of rotatable bonds is 9. The van der Waals surface area contributed by atoms with Gasteiger partial charge in [0.15, 0.2) is 0 Å². The molecule has 0 spiro atoms. The van der Waals surface area contributed by atoms with E-state index >= 15 is 0 Å². The Kier molecular flexibility index (Phi) is 6.68. The van der Waals surface area contributed by atoms with Crippen molar-refractivity contribution in [2.45, 2.75) is 20.4 Å². The molecular weight excluding hydrogens is 268 g/mol. The summed E-state index contributed by atoms with van der Waals surface area (Å²) in [5, 5.41) is 3.34. The number of primary amides is 2. The van der Waals surface area contributed by atoms with E-state index in [4.69, 9.17) is 11.5 Å². The lowest BCUT2D eigenvalue weighted by Crippen LogP contribution is -2.40. The second-order valence-corrected chi connectivity index (χ2v) is 5.44. The van der Waals surface area contributed by atoms with Crippen LogP contribution in [0.1, 0.15) is 19.4 Å². The molecule has 0 radical (unpaired) electrons. The number of nitrogens with two attached hydrogens (primary N) is 2. The Morgan fingerprint density at radius 1 is 1.14 bits per heavy atom. The molecule has 2 amide bonds. The average Bonchev–Trinajstić information content (AvgIpc) is 2.37. The minimum Gasteiger partial charge on any atom is -0.368 e. The number of carbonyl (C=O) groups is 2. The van der Waals surface area contributed by atoms with E-state index in [0.29, 0.717) is 12.5 Å². The highest BCUT2D eigenvalue weighted by atomic mass is 16.2. The number of anilines is 1. The zero-order chi connectivity index (χ0) is 15.8. The summed E-state index contributed by atoms with van der Waals surface area (Å²) in [6.45, 7) is 5.73. The van der Waals surface area contributed by atoms with E-state index in [2.05, 4.69) is 19.2 Å². The van der Waals surface area contributed by atoms with Crippen LogP contribution in [0.2, 0.25) is 0 Å². The number of benzene rings is 1. The zero-order valence-corrected chi connectivity index (χ0v) is 12.6. The number of hydrogen-bond donors (Lipinski definition) is 3. The van der Waals surface area contributed by atoms with E-state index in [1.807, 2.05) is 24.3 Å². The molecule has 116 valence electrons. The van der Waals surface area contributed by atoms with Gasteiger partial charge in [-0.05, 0) is 24.1 Å². The topological polar surface area (TPSA) is 101 Å². The van der Waals surface area contributed by atoms with Crippen molar-refractivity contribution in [3.05, 3.63) is 29.8 Å². The Balaban J connectivity index is 2.90. The van der Waals surface area contributed by atoms with Crippen LogP contribution in [0.15, 0.2) is 24.3 Å². The molecular formula is C15H24N4O2. The number of nitrogens with zero attached hydrogens (tertiary/aromatic N) is 1. The zero-order valence-electron chi connectivity index (χ0n) is 12.6. The van der Waals surface area contributed by atoms with Gasteiger partial charge >= 0.3 is 0 Å². The van der Waals surface area contributed by atoms with Crippen LogP contribution in [-0.4, -0.2) is 31.4 Å². The summed E-state index contributed by atoms with van der Waals surface area (Å²) in [6, 6.07) is 7.59. The summed E-state index contributed by atoms with van der Waals surface area (Å²) < 4.78 is 0. The van der Waals surface area contributed by atoms with Gasteiger partial charge in [-0.3, -0.25) is 9.59 Å². The van der Waals surface area contributed by atoms with Gasteiger partial charge in [0.2, 0.25) is 11.8 Å². The van der Waals surface area contributed by atoms with Crippen LogP contribution < -0.4 is 21.7 Å². The van der Waals surface area contributed by atoms with Crippen molar-refractivity contribution in [1.29, 1.82) is 0 Å². The highest BCUT2D eigenvalue weighted by Gasteiger charge is 2.15. The van der Waals surface area contributed by atoms with Crippen molar-refractivity contribution in [3.63, 3.8) is 0 Å². The van der Waals surface area contributed by atoms with Crippen molar-refractivity contribution in [1.82, 2.24) is 5.32 Å². The van der Waals surface area contributed by atoms with Crippen molar-refractivity contribution in [2.75, 3.05) is 24.5 Å². The molecule has 0 atom stereocenters. The molecule has 1 rings (SSSR count). The van der Waals surface area contributed by atoms with Crippen molar-refractivity contribution < 1.29 is 9.59 Å². The number of nitrogens with one attached hydrogen (secondary N) is 1. The largest absolute Gasteiger partial charge is 0.368 e. The predicted octanol–water partition coefficient (Wildman–Crippen LogP) is 0.209. The van der Waals surface area contributed by atoms with Crippen LogP contribution in [-0.2, 0) is 16.1 Å². The molecule has 0 saturated heterocycles. The normalized spacial score (nSPS) is 10.6. The first kappa shape index (κ1) is 17.0. The quantitative estimate of drug-likeness (QED) is 0.605. The van der Waals surface area contributed by atoms with Crippen LogP contribution in [0.4, 0.5) is 5.69 Å². The van der Waals surface area contributed by atoms with Gasteiger partial charge in [0.05, 0.1) is 13.1 Å². The molecule has 0 aliphatic rings. The fraction of sp³-hybridized carbons (Fsp3) is 0.467. The predicted molar refractivity (Wildman–Crippen MR) is 83.6 cm³/mol. The van der Waals surface area contributed by atoms with E-state index in [1.165, 1.54) is 0 Å². The molecule has 0 unspecified atom stereocenters. The van der Waals surface area contributed by atoms with Gasteiger partial charge in [-0.25, -0.2) is 0 Å². The first-order chi connectivity index (χ1) is 9.90. The van der Waals surface area contributed by atoms with Gasteiger partial charge in [-0.15, -0.1) is 0 Å². The Bertz CT molecular complexity index is 472. The van der Waals surface area contributed by atoms with Gasteiger partial charge < -0.3 is 21.7 Å². The third kappa shape index (κ3) is 6.27. The summed E-state index contributed by atoms with van der Waals surface area (Å²) in [4.78, 5) is 24.0. The molecule has 0 aliphatic heterocycles. The lowest BCUT2D eigenvalue weighted by Gasteiger charge is -2.24.